The summed E-state index contributed by atoms with van der Waals surface area (Å²) in [7, 11) is 0. The van der Waals surface area contributed by atoms with Crippen LogP contribution in [0.15, 0.2) is 18.2 Å². The average Bonchev–Trinajstić information content (AvgIpc) is 2.99. The molecule has 2 aliphatic rings. The molecule has 0 radical (unpaired) electrons. The monoisotopic (exact) mass is 358 g/mol. The number of hydrogen-bond acceptors (Lipinski definition) is 3. The first-order valence-corrected chi connectivity index (χ1v) is 9.46. The van der Waals surface area contributed by atoms with Crippen LogP contribution >= 0.6 is 0 Å². The van der Waals surface area contributed by atoms with Gasteiger partial charge in [-0.3, -0.25) is 14.4 Å². The Morgan fingerprint density at radius 1 is 1.23 bits per heavy atom. The van der Waals surface area contributed by atoms with Gasteiger partial charge in [0.05, 0.1) is 6.42 Å². The Balaban J connectivity index is 1.49. The molecule has 140 valence electrons. The molecule has 0 aliphatic carbocycles. The van der Waals surface area contributed by atoms with E-state index in [0.717, 1.165) is 55.5 Å². The molecule has 1 saturated heterocycles. The normalized spacial score (nSPS) is 19.2. The van der Waals surface area contributed by atoms with Gasteiger partial charge in [0, 0.05) is 31.1 Å². The van der Waals surface area contributed by atoms with Gasteiger partial charge >= 0.3 is 5.97 Å². The van der Waals surface area contributed by atoms with Gasteiger partial charge in [0.2, 0.25) is 11.8 Å². The highest BCUT2D eigenvalue weighted by molar-refractivity contribution is 5.99. The molecule has 2 aliphatic heterocycles. The van der Waals surface area contributed by atoms with Crippen molar-refractivity contribution in [3.63, 3.8) is 0 Å². The summed E-state index contributed by atoms with van der Waals surface area (Å²) >= 11 is 0. The van der Waals surface area contributed by atoms with E-state index in [1.165, 1.54) is 0 Å². The van der Waals surface area contributed by atoms with Crippen LogP contribution in [-0.2, 0) is 27.2 Å². The summed E-state index contributed by atoms with van der Waals surface area (Å²) in [5.74, 6) is -0.629. The van der Waals surface area contributed by atoms with Gasteiger partial charge in [0.25, 0.3) is 0 Å². The van der Waals surface area contributed by atoms with Crippen molar-refractivity contribution in [1.82, 2.24) is 4.90 Å². The van der Waals surface area contributed by atoms with Crippen molar-refractivity contribution in [2.45, 2.75) is 63.8 Å². The maximum Gasteiger partial charge on any atom is 0.303 e. The first-order valence-electron chi connectivity index (χ1n) is 9.46. The fourth-order valence-electron chi connectivity index (χ4n) is 3.94. The maximum atomic E-state index is 12.6. The number of rotatable bonds is 7. The molecule has 0 saturated carbocycles. The fraction of sp³-hybridized carbons (Fsp3) is 0.550. The minimum absolute atomic E-state index is 0.0322. The van der Waals surface area contributed by atoms with E-state index in [9.17, 15) is 14.4 Å². The third-order valence-electron chi connectivity index (χ3n) is 5.29. The number of piperidine rings is 1. The Morgan fingerprint density at radius 2 is 2.08 bits per heavy atom. The van der Waals surface area contributed by atoms with Crippen LogP contribution in [0.3, 0.4) is 0 Å². The summed E-state index contributed by atoms with van der Waals surface area (Å²) in [4.78, 5) is 36.7. The molecule has 1 aromatic rings. The van der Waals surface area contributed by atoms with Crippen LogP contribution in [0.2, 0.25) is 0 Å². The number of carbonyl (C=O) groups excluding carboxylic acids is 2. The van der Waals surface area contributed by atoms with Gasteiger partial charge in [-0.25, -0.2) is 0 Å². The number of aliphatic carboxylic acids is 1. The molecule has 0 spiro atoms. The zero-order valence-corrected chi connectivity index (χ0v) is 15.0. The number of anilines is 1. The lowest BCUT2D eigenvalue weighted by molar-refractivity contribution is -0.140. The van der Waals surface area contributed by atoms with Crippen molar-refractivity contribution in [2.75, 3.05) is 11.9 Å². The molecule has 1 atom stereocenters. The van der Waals surface area contributed by atoms with Gasteiger partial charge in [0.15, 0.2) is 0 Å². The summed E-state index contributed by atoms with van der Waals surface area (Å²) in [5, 5.41) is 11.7. The Morgan fingerprint density at radius 3 is 2.88 bits per heavy atom. The van der Waals surface area contributed by atoms with Crippen LogP contribution in [0, 0.1) is 0 Å². The lowest BCUT2D eigenvalue weighted by atomic mass is 9.97. The number of nitrogens with one attached hydrogen (secondary N) is 1. The van der Waals surface area contributed by atoms with Crippen molar-refractivity contribution in [2.24, 2.45) is 0 Å². The third-order valence-corrected chi connectivity index (χ3v) is 5.29. The van der Waals surface area contributed by atoms with Gasteiger partial charge in [-0.2, -0.15) is 0 Å². The summed E-state index contributed by atoms with van der Waals surface area (Å²) in [5.41, 5.74) is 3.07. The zero-order valence-electron chi connectivity index (χ0n) is 15.0. The second-order valence-electron chi connectivity index (χ2n) is 7.24. The molecular weight excluding hydrogens is 332 g/mol. The summed E-state index contributed by atoms with van der Waals surface area (Å²) in [6, 6.07) is 6.06. The van der Waals surface area contributed by atoms with E-state index in [1.54, 1.807) is 0 Å². The first kappa shape index (κ1) is 18.4. The lowest BCUT2D eigenvalue weighted by Gasteiger charge is -2.35. The molecule has 0 unspecified atom stereocenters. The summed E-state index contributed by atoms with van der Waals surface area (Å²) in [6.45, 7) is 0.746. The van der Waals surface area contributed by atoms with E-state index < -0.39 is 5.97 Å². The average molecular weight is 358 g/mol. The molecule has 26 heavy (non-hydrogen) atoms. The molecule has 0 bridgehead atoms. The van der Waals surface area contributed by atoms with E-state index >= 15 is 0 Å². The van der Waals surface area contributed by atoms with E-state index in [1.807, 2.05) is 23.1 Å². The van der Waals surface area contributed by atoms with E-state index in [0.29, 0.717) is 19.3 Å². The number of carbonyl (C=O) groups is 3. The predicted octanol–water partition coefficient (Wildman–Crippen LogP) is 2.75. The third kappa shape index (κ3) is 4.62. The molecule has 6 nitrogen and oxygen atoms in total. The highest BCUT2D eigenvalue weighted by Crippen LogP contribution is 2.25. The van der Waals surface area contributed by atoms with Crippen molar-refractivity contribution in [3.05, 3.63) is 29.3 Å². The van der Waals surface area contributed by atoms with Gasteiger partial charge in [-0.15, -0.1) is 0 Å². The van der Waals surface area contributed by atoms with Gasteiger partial charge in [0.1, 0.15) is 0 Å². The first-order chi connectivity index (χ1) is 12.5. The summed E-state index contributed by atoms with van der Waals surface area (Å²) < 4.78 is 0. The predicted molar refractivity (Wildman–Crippen MR) is 97.9 cm³/mol. The fourth-order valence-corrected chi connectivity index (χ4v) is 3.94. The SMILES string of the molecule is O=C(O)CC[C@H]1CCCCN1C(=O)CCCc1ccc2c(c1)CC(=O)N2. The second kappa shape index (κ2) is 8.34. The maximum absolute atomic E-state index is 12.6. The molecule has 1 fully saturated rings. The smallest absolute Gasteiger partial charge is 0.303 e. The van der Waals surface area contributed by atoms with Crippen molar-refractivity contribution >= 4 is 23.5 Å². The number of carboxylic acid groups (broad SMARTS) is 1. The molecule has 2 heterocycles. The van der Waals surface area contributed by atoms with Crippen LogP contribution in [0.4, 0.5) is 5.69 Å². The molecule has 3 rings (SSSR count). The van der Waals surface area contributed by atoms with Crippen molar-refractivity contribution in [3.8, 4) is 0 Å². The number of benzene rings is 1. The van der Waals surface area contributed by atoms with Crippen LogP contribution in [0.5, 0.6) is 0 Å². The van der Waals surface area contributed by atoms with Crippen LogP contribution in [0.25, 0.3) is 0 Å². The van der Waals surface area contributed by atoms with Crippen molar-refractivity contribution < 1.29 is 19.5 Å². The Hall–Kier alpha value is -2.37. The standard InChI is InChI=1S/C20H26N2O4/c23-18-13-15-12-14(7-9-17(15)21-18)4-3-6-19(24)22-11-2-1-5-16(22)8-10-20(25)26/h7,9,12,16H,1-6,8,10-11,13H2,(H,21,23)(H,25,26)/t16-/m1/s1. The minimum atomic E-state index is -0.799. The topological polar surface area (TPSA) is 86.7 Å². The number of likely N-dealkylation sites (tertiary alicyclic amines) is 1. The van der Waals surface area contributed by atoms with Crippen molar-refractivity contribution in [1.29, 1.82) is 0 Å². The van der Waals surface area contributed by atoms with E-state index in [4.69, 9.17) is 5.11 Å². The van der Waals surface area contributed by atoms with Gasteiger partial charge in [-0.1, -0.05) is 12.1 Å². The van der Waals surface area contributed by atoms with E-state index in [-0.39, 0.29) is 24.3 Å². The van der Waals surface area contributed by atoms with Gasteiger partial charge in [-0.05, 0) is 55.7 Å². The largest absolute Gasteiger partial charge is 0.481 e. The second-order valence-corrected chi connectivity index (χ2v) is 7.24. The number of fused-ring (bicyclic) bond motifs is 1. The molecule has 0 aromatic heterocycles. The molecule has 2 amide bonds. The molecular formula is C20H26N2O4. The Labute approximate surface area is 153 Å². The zero-order chi connectivity index (χ0) is 18.5. The van der Waals surface area contributed by atoms with E-state index in [2.05, 4.69) is 5.32 Å². The number of amides is 2. The molecule has 2 N–H and O–H groups in total. The summed E-state index contributed by atoms with van der Waals surface area (Å²) in [6.07, 6.45) is 6.13. The number of nitrogens with zero attached hydrogens (tertiary/aromatic N) is 1. The number of aryl methyl sites for hydroxylation is 1. The van der Waals surface area contributed by atoms with Crippen LogP contribution in [0.1, 0.15) is 56.1 Å². The molecule has 6 heteroatoms. The molecule has 1 aromatic carbocycles. The quantitative estimate of drug-likeness (QED) is 0.785. The van der Waals surface area contributed by atoms with Crippen LogP contribution in [-0.4, -0.2) is 40.4 Å². The Kier molecular flexibility index (Phi) is 5.91. The lowest BCUT2D eigenvalue weighted by Crippen LogP contribution is -2.43. The number of carboxylic acids is 1. The van der Waals surface area contributed by atoms with Crippen LogP contribution < -0.4 is 5.32 Å². The highest BCUT2D eigenvalue weighted by Gasteiger charge is 2.26. The minimum Gasteiger partial charge on any atom is -0.481 e. The number of hydrogen-bond donors (Lipinski definition) is 2. The Bertz CT molecular complexity index is 701. The highest BCUT2D eigenvalue weighted by atomic mass is 16.4. The van der Waals surface area contributed by atoms with Gasteiger partial charge < -0.3 is 15.3 Å².